The number of methoxy groups -OCH3 is 1. The summed E-state index contributed by atoms with van der Waals surface area (Å²) in [6.07, 6.45) is 0.694. The van der Waals surface area contributed by atoms with E-state index < -0.39 is 18.0 Å². The lowest BCUT2D eigenvalue weighted by atomic mass is 9.96. The van der Waals surface area contributed by atoms with Crippen LogP contribution in [-0.4, -0.2) is 61.4 Å². The summed E-state index contributed by atoms with van der Waals surface area (Å²) < 4.78 is 15.6. The zero-order valence-corrected chi connectivity index (χ0v) is 18.6. The number of hydrogen-bond donors (Lipinski definition) is 0. The molecule has 170 valence electrons. The number of esters is 2. The van der Waals surface area contributed by atoms with Gasteiger partial charge in [-0.2, -0.15) is 5.26 Å². The van der Waals surface area contributed by atoms with Crippen molar-refractivity contribution in [1.29, 1.82) is 5.26 Å². The molecule has 9 nitrogen and oxygen atoms in total. The zero-order chi connectivity index (χ0) is 23.1. The first-order valence-corrected chi connectivity index (χ1v) is 10.8. The molecule has 32 heavy (non-hydrogen) atoms. The minimum Gasteiger partial charge on any atom is -0.466 e. The van der Waals surface area contributed by atoms with E-state index in [0.717, 1.165) is 0 Å². The molecule has 0 spiro atoms. The number of aromatic nitrogens is 2. The molecule has 0 aliphatic carbocycles. The number of ether oxygens (including phenoxy) is 3. The Bertz CT molecular complexity index is 998. The van der Waals surface area contributed by atoms with Gasteiger partial charge >= 0.3 is 11.9 Å². The highest BCUT2D eigenvalue weighted by Crippen LogP contribution is 2.31. The quantitative estimate of drug-likeness (QED) is 0.571. The Kier molecular flexibility index (Phi) is 7.95. The Hall–Kier alpha value is -3.25. The molecule has 0 radical (unpaired) electrons. The molecule has 3 rings (SSSR count). The minimum absolute atomic E-state index is 0.172. The van der Waals surface area contributed by atoms with E-state index >= 15 is 0 Å². The van der Waals surface area contributed by atoms with Gasteiger partial charge in [0.15, 0.2) is 11.7 Å². The van der Waals surface area contributed by atoms with Gasteiger partial charge in [0, 0.05) is 20.2 Å². The van der Waals surface area contributed by atoms with E-state index in [9.17, 15) is 14.9 Å². The maximum absolute atomic E-state index is 12.8. The van der Waals surface area contributed by atoms with E-state index in [1.54, 1.807) is 19.9 Å². The lowest BCUT2D eigenvalue weighted by Gasteiger charge is -2.33. The number of hydrogen-bond acceptors (Lipinski definition) is 9. The van der Waals surface area contributed by atoms with Crippen LogP contribution in [0.1, 0.15) is 38.3 Å². The van der Waals surface area contributed by atoms with E-state index in [-0.39, 0.29) is 24.2 Å². The fourth-order valence-corrected chi connectivity index (χ4v) is 3.78. The highest BCUT2D eigenvalue weighted by atomic mass is 16.6. The fourth-order valence-electron chi connectivity index (χ4n) is 3.78. The van der Waals surface area contributed by atoms with Gasteiger partial charge in [0.2, 0.25) is 0 Å². The number of carbonyl (C=O) groups excluding carboxylic acids is 2. The van der Waals surface area contributed by atoms with Gasteiger partial charge in [0.1, 0.15) is 11.8 Å². The summed E-state index contributed by atoms with van der Waals surface area (Å²) in [6.45, 7) is 5.14. The summed E-state index contributed by atoms with van der Waals surface area (Å²) in [5.41, 5.74) is 1.51. The van der Waals surface area contributed by atoms with Gasteiger partial charge in [-0.05, 0) is 38.8 Å². The second-order valence-electron chi connectivity index (χ2n) is 7.70. The molecule has 0 unspecified atom stereocenters. The third kappa shape index (κ3) is 5.32. The van der Waals surface area contributed by atoms with Crippen molar-refractivity contribution in [2.75, 3.05) is 38.3 Å². The summed E-state index contributed by atoms with van der Waals surface area (Å²) in [5, 5.41) is 9.83. The van der Waals surface area contributed by atoms with Crippen LogP contribution < -0.4 is 4.90 Å². The molecular weight excluding hydrogens is 412 g/mol. The molecule has 9 heteroatoms. The van der Waals surface area contributed by atoms with Crippen LogP contribution in [0.5, 0.6) is 0 Å². The Morgan fingerprint density at radius 1 is 1.22 bits per heavy atom. The second kappa shape index (κ2) is 10.9. The highest BCUT2D eigenvalue weighted by molar-refractivity contribution is 5.85. The van der Waals surface area contributed by atoms with Gasteiger partial charge in [-0.25, -0.2) is 9.97 Å². The van der Waals surface area contributed by atoms with E-state index in [1.807, 2.05) is 29.2 Å². The van der Waals surface area contributed by atoms with Crippen molar-refractivity contribution in [1.82, 2.24) is 9.97 Å². The van der Waals surface area contributed by atoms with Gasteiger partial charge in [-0.1, -0.05) is 12.1 Å². The summed E-state index contributed by atoms with van der Waals surface area (Å²) in [4.78, 5) is 36.2. The van der Waals surface area contributed by atoms with Crippen LogP contribution in [0.4, 0.5) is 5.82 Å². The van der Waals surface area contributed by atoms with Crippen molar-refractivity contribution in [2.24, 2.45) is 5.92 Å². The van der Waals surface area contributed by atoms with E-state index in [4.69, 9.17) is 19.2 Å². The van der Waals surface area contributed by atoms with Crippen molar-refractivity contribution >= 4 is 28.8 Å². The number of rotatable bonds is 8. The molecule has 0 amide bonds. The van der Waals surface area contributed by atoms with E-state index in [0.29, 0.717) is 49.4 Å². The Morgan fingerprint density at radius 3 is 2.47 bits per heavy atom. The minimum atomic E-state index is -1.23. The monoisotopic (exact) mass is 440 g/mol. The predicted octanol–water partition coefficient (Wildman–Crippen LogP) is 2.59. The van der Waals surface area contributed by atoms with Gasteiger partial charge in [0.05, 0.1) is 36.2 Å². The van der Waals surface area contributed by atoms with Crippen LogP contribution in [-0.2, 0) is 23.8 Å². The van der Waals surface area contributed by atoms with Crippen LogP contribution in [0.15, 0.2) is 24.3 Å². The molecule has 2 aromatic rings. The molecular formula is C23H28N4O5. The largest absolute Gasteiger partial charge is 0.466 e. The molecule has 1 aromatic carbocycles. The molecule has 0 N–H and O–H groups in total. The topological polar surface area (TPSA) is 115 Å². The fraction of sp³-hybridized carbons (Fsp3) is 0.522. The van der Waals surface area contributed by atoms with Crippen molar-refractivity contribution < 1.29 is 23.8 Å². The molecule has 1 fully saturated rings. The smallest absolute Gasteiger partial charge is 0.330 e. The maximum Gasteiger partial charge on any atom is 0.330 e. The Balaban J connectivity index is 1.92. The van der Waals surface area contributed by atoms with E-state index in [1.165, 1.54) is 7.11 Å². The molecule has 2 heterocycles. The molecule has 0 saturated carbocycles. The van der Waals surface area contributed by atoms with Gasteiger partial charge in [-0.3, -0.25) is 9.59 Å². The molecule has 1 aliphatic heterocycles. The third-order valence-corrected chi connectivity index (χ3v) is 5.35. The molecule has 2 atom stereocenters. The molecule has 0 bridgehead atoms. The first kappa shape index (κ1) is 23.4. The lowest BCUT2D eigenvalue weighted by molar-refractivity contribution is -0.151. The number of benzene rings is 1. The SMILES string of the molecule is CCOC(=O)C1CCN(c2nc3ccccc3nc2[C@H](C#N)C(=O)O[C@H](C)COC)CC1. The molecule has 1 saturated heterocycles. The van der Waals surface area contributed by atoms with Crippen molar-refractivity contribution in [3.63, 3.8) is 0 Å². The van der Waals surface area contributed by atoms with Crippen LogP contribution in [0.3, 0.4) is 0 Å². The predicted molar refractivity (Wildman–Crippen MR) is 117 cm³/mol. The standard InChI is InChI=1S/C23H28N4O5/c1-4-31-22(28)16-9-11-27(12-10-16)21-20(25-18-7-5-6-8-19(18)26-21)17(13-24)23(29)32-15(2)14-30-3/h5-8,15-17H,4,9-12,14H2,1-3H3/t15-,17+/m1/s1. The number of piperidine rings is 1. The van der Waals surface area contributed by atoms with Crippen molar-refractivity contribution in [2.45, 2.75) is 38.7 Å². The van der Waals surface area contributed by atoms with Crippen LogP contribution >= 0.6 is 0 Å². The van der Waals surface area contributed by atoms with Crippen LogP contribution in [0.2, 0.25) is 0 Å². The van der Waals surface area contributed by atoms with E-state index in [2.05, 4.69) is 4.98 Å². The molecule has 1 aromatic heterocycles. The normalized spacial score (nSPS) is 16.2. The average Bonchev–Trinajstić information content (AvgIpc) is 2.79. The summed E-state index contributed by atoms with van der Waals surface area (Å²) >= 11 is 0. The summed E-state index contributed by atoms with van der Waals surface area (Å²) in [7, 11) is 1.51. The number of anilines is 1. The highest BCUT2D eigenvalue weighted by Gasteiger charge is 2.33. The number of carbonyl (C=O) groups is 2. The first-order valence-electron chi connectivity index (χ1n) is 10.8. The average molecular weight is 441 g/mol. The van der Waals surface area contributed by atoms with Gasteiger partial charge in [-0.15, -0.1) is 0 Å². The summed E-state index contributed by atoms with van der Waals surface area (Å²) in [6, 6.07) is 9.34. The maximum atomic E-state index is 12.8. The summed E-state index contributed by atoms with van der Waals surface area (Å²) in [5.74, 6) is -1.82. The lowest BCUT2D eigenvalue weighted by Crippen LogP contribution is -2.38. The number of nitriles is 1. The number of nitrogens with zero attached hydrogens (tertiary/aromatic N) is 4. The van der Waals surface area contributed by atoms with Gasteiger partial charge in [0.25, 0.3) is 0 Å². The number of para-hydroxylation sites is 2. The Labute approximate surface area is 187 Å². The third-order valence-electron chi connectivity index (χ3n) is 5.35. The van der Waals surface area contributed by atoms with Crippen molar-refractivity contribution in [3.05, 3.63) is 30.0 Å². The number of fused-ring (bicyclic) bond motifs is 1. The van der Waals surface area contributed by atoms with Crippen molar-refractivity contribution in [3.8, 4) is 6.07 Å². The Morgan fingerprint density at radius 2 is 1.88 bits per heavy atom. The van der Waals surface area contributed by atoms with Crippen LogP contribution in [0.25, 0.3) is 11.0 Å². The van der Waals surface area contributed by atoms with Gasteiger partial charge < -0.3 is 19.1 Å². The first-order chi connectivity index (χ1) is 15.5. The van der Waals surface area contributed by atoms with Crippen LogP contribution in [0, 0.1) is 17.2 Å². The second-order valence-corrected chi connectivity index (χ2v) is 7.70. The zero-order valence-electron chi connectivity index (χ0n) is 18.6. The molecule has 1 aliphatic rings.